The molecule has 1 aliphatic carbocycles. The van der Waals surface area contributed by atoms with Crippen molar-refractivity contribution in [3.05, 3.63) is 34.9 Å². The Hall–Kier alpha value is -2.08. The Kier molecular flexibility index (Phi) is 7.06. The topological polar surface area (TPSA) is 84.5 Å². The summed E-state index contributed by atoms with van der Waals surface area (Å²) in [5, 5.41) is 5.51. The van der Waals surface area contributed by atoms with Crippen LogP contribution in [0.3, 0.4) is 0 Å². The maximum atomic E-state index is 11.7. The summed E-state index contributed by atoms with van der Waals surface area (Å²) in [6, 6.07) is 6.33. The fourth-order valence-electron chi connectivity index (χ4n) is 2.60. The van der Waals surface area contributed by atoms with Gasteiger partial charge in [-0.05, 0) is 30.5 Å². The molecule has 1 saturated carbocycles. The molecule has 0 unspecified atom stereocenters. The van der Waals surface area contributed by atoms with Crippen LogP contribution in [0.5, 0.6) is 0 Å². The average molecular weight is 353 g/mol. The van der Waals surface area contributed by atoms with Crippen molar-refractivity contribution in [3.63, 3.8) is 0 Å². The molecule has 2 N–H and O–H groups in total. The van der Waals surface area contributed by atoms with Crippen molar-refractivity contribution < 1.29 is 19.1 Å². The van der Waals surface area contributed by atoms with Gasteiger partial charge in [0, 0.05) is 11.1 Å². The van der Waals surface area contributed by atoms with Crippen LogP contribution in [0.2, 0.25) is 5.02 Å². The Morgan fingerprint density at radius 1 is 1.08 bits per heavy atom. The fourth-order valence-corrected chi connectivity index (χ4v) is 2.72. The molecule has 3 amide bonds. The minimum atomic E-state index is -0.646. The smallest absolute Gasteiger partial charge is 0.321 e. The molecule has 1 aromatic rings. The molecule has 1 fully saturated rings. The molecular weight excluding hydrogens is 332 g/mol. The molecule has 7 heteroatoms. The van der Waals surface area contributed by atoms with Gasteiger partial charge < -0.3 is 10.1 Å². The van der Waals surface area contributed by atoms with Crippen LogP contribution in [-0.2, 0) is 20.7 Å². The van der Waals surface area contributed by atoms with Gasteiger partial charge in [0.15, 0.2) is 6.61 Å². The molecule has 130 valence electrons. The van der Waals surface area contributed by atoms with Gasteiger partial charge in [0.05, 0.1) is 6.42 Å². The van der Waals surface area contributed by atoms with E-state index in [9.17, 15) is 14.4 Å². The molecule has 0 bridgehead atoms. The van der Waals surface area contributed by atoms with Crippen LogP contribution in [-0.4, -0.2) is 30.6 Å². The lowest BCUT2D eigenvalue weighted by molar-refractivity contribution is -0.147. The summed E-state index contributed by atoms with van der Waals surface area (Å²) in [6.45, 7) is -0.482. The van der Waals surface area contributed by atoms with Gasteiger partial charge in [-0.25, -0.2) is 4.79 Å². The highest BCUT2D eigenvalue weighted by molar-refractivity contribution is 6.30. The summed E-state index contributed by atoms with van der Waals surface area (Å²) in [6.07, 6.45) is 5.25. The standard InChI is InChI=1S/C17H21ClN2O4/c18-13-8-6-12(7-9-13)10-16(22)24-11-15(21)20-17(23)19-14-4-2-1-3-5-14/h6-9,14H,1-5,10-11H2,(H2,19,20,21,23). The third kappa shape index (κ3) is 6.58. The van der Waals surface area contributed by atoms with Gasteiger partial charge in [0.2, 0.25) is 0 Å². The van der Waals surface area contributed by atoms with Crippen molar-refractivity contribution in [1.29, 1.82) is 0 Å². The van der Waals surface area contributed by atoms with E-state index in [1.165, 1.54) is 6.42 Å². The Balaban J connectivity index is 1.65. The Morgan fingerprint density at radius 2 is 1.75 bits per heavy atom. The highest BCUT2D eigenvalue weighted by atomic mass is 35.5. The van der Waals surface area contributed by atoms with E-state index in [1.54, 1.807) is 24.3 Å². The van der Waals surface area contributed by atoms with Gasteiger partial charge in [0.25, 0.3) is 5.91 Å². The second-order valence-corrected chi connectivity index (χ2v) is 6.26. The van der Waals surface area contributed by atoms with Crippen LogP contribution in [0, 0.1) is 0 Å². The lowest BCUT2D eigenvalue weighted by Crippen LogP contribution is -2.46. The number of ether oxygens (including phenoxy) is 1. The molecule has 0 saturated heterocycles. The molecule has 0 atom stereocenters. The molecule has 1 aliphatic rings. The number of esters is 1. The highest BCUT2D eigenvalue weighted by Crippen LogP contribution is 2.17. The zero-order valence-corrected chi connectivity index (χ0v) is 14.1. The van der Waals surface area contributed by atoms with Crippen molar-refractivity contribution in [2.45, 2.75) is 44.6 Å². The quantitative estimate of drug-likeness (QED) is 0.798. The monoisotopic (exact) mass is 352 g/mol. The number of imide groups is 1. The van der Waals surface area contributed by atoms with E-state index >= 15 is 0 Å². The molecule has 0 radical (unpaired) electrons. The first-order valence-corrected chi connectivity index (χ1v) is 8.41. The van der Waals surface area contributed by atoms with Crippen molar-refractivity contribution in [3.8, 4) is 0 Å². The Labute approximate surface area is 145 Å². The summed E-state index contributed by atoms with van der Waals surface area (Å²) >= 11 is 5.76. The van der Waals surface area contributed by atoms with E-state index in [4.69, 9.17) is 16.3 Å². The molecule has 6 nitrogen and oxygen atoms in total. The number of amides is 3. The van der Waals surface area contributed by atoms with Crippen LogP contribution in [0.1, 0.15) is 37.7 Å². The van der Waals surface area contributed by atoms with Crippen molar-refractivity contribution in [2.75, 3.05) is 6.61 Å². The number of carbonyl (C=O) groups is 3. The van der Waals surface area contributed by atoms with E-state index in [1.807, 2.05) is 0 Å². The van der Waals surface area contributed by atoms with Gasteiger partial charge in [0.1, 0.15) is 0 Å². The molecule has 1 aromatic carbocycles. The molecule has 24 heavy (non-hydrogen) atoms. The van der Waals surface area contributed by atoms with Gasteiger partial charge in [-0.1, -0.05) is 43.0 Å². The normalized spacial score (nSPS) is 14.7. The number of hydrogen-bond acceptors (Lipinski definition) is 4. The number of halogens is 1. The minimum absolute atomic E-state index is 0.0404. The maximum absolute atomic E-state index is 11.7. The third-order valence-corrected chi connectivity index (χ3v) is 4.07. The number of nitrogens with one attached hydrogen (secondary N) is 2. The van der Waals surface area contributed by atoms with Gasteiger partial charge >= 0.3 is 12.0 Å². The van der Waals surface area contributed by atoms with Crippen molar-refractivity contribution >= 4 is 29.5 Å². The summed E-state index contributed by atoms with van der Waals surface area (Å²) in [5.41, 5.74) is 0.736. The van der Waals surface area contributed by atoms with Crippen molar-refractivity contribution in [2.24, 2.45) is 0 Å². The van der Waals surface area contributed by atoms with E-state index in [2.05, 4.69) is 10.6 Å². The summed E-state index contributed by atoms with van der Waals surface area (Å²) in [7, 11) is 0. The van der Waals surface area contributed by atoms with Crippen LogP contribution >= 0.6 is 11.6 Å². The predicted octanol–water partition coefficient (Wildman–Crippen LogP) is 2.58. The molecule has 0 aromatic heterocycles. The third-order valence-electron chi connectivity index (χ3n) is 3.82. The molecule has 2 rings (SSSR count). The zero-order chi connectivity index (χ0) is 17.4. The van der Waals surface area contributed by atoms with Crippen molar-refractivity contribution in [1.82, 2.24) is 10.6 Å². The van der Waals surface area contributed by atoms with Crippen LogP contribution < -0.4 is 10.6 Å². The summed E-state index contributed by atoms with van der Waals surface area (Å²) in [4.78, 5) is 35.0. The average Bonchev–Trinajstić information content (AvgIpc) is 2.56. The maximum Gasteiger partial charge on any atom is 0.321 e. The SMILES string of the molecule is O=C(COC(=O)Cc1ccc(Cl)cc1)NC(=O)NC1CCCCC1. The Morgan fingerprint density at radius 3 is 2.42 bits per heavy atom. The van der Waals surface area contributed by atoms with Gasteiger partial charge in [-0.15, -0.1) is 0 Å². The van der Waals surface area contributed by atoms with E-state index in [0.29, 0.717) is 5.02 Å². The summed E-state index contributed by atoms with van der Waals surface area (Å²) < 4.78 is 4.86. The van der Waals surface area contributed by atoms with Gasteiger partial charge in [-0.3, -0.25) is 14.9 Å². The Bertz CT molecular complexity index is 583. The van der Waals surface area contributed by atoms with E-state index in [0.717, 1.165) is 31.2 Å². The zero-order valence-electron chi connectivity index (χ0n) is 13.3. The number of hydrogen-bond donors (Lipinski definition) is 2. The van der Waals surface area contributed by atoms with Crippen LogP contribution in [0.25, 0.3) is 0 Å². The van der Waals surface area contributed by atoms with E-state index < -0.39 is 24.5 Å². The first-order chi connectivity index (χ1) is 11.5. The number of carbonyl (C=O) groups excluding carboxylic acids is 3. The number of rotatable bonds is 5. The second kappa shape index (κ2) is 9.27. The number of benzene rings is 1. The first kappa shape index (κ1) is 18.3. The highest BCUT2D eigenvalue weighted by Gasteiger charge is 2.17. The van der Waals surface area contributed by atoms with Gasteiger partial charge in [-0.2, -0.15) is 0 Å². The summed E-state index contributed by atoms with van der Waals surface area (Å²) in [5.74, 6) is -1.19. The lowest BCUT2D eigenvalue weighted by Gasteiger charge is -2.22. The molecular formula is C17H21ClN2O4. The predicted molar refractivity (Wildman–Crippen MR) is 89.7 cm³/mol. The van der Waals surface area contributed by atoms with Crippen LogP contribution in [0.15, 0.2) is 24.3 Å². The lowest BCUT2D eigenvalue weighted by atomic mass is 9.96. The molecule has 0 heterocycles. The molecule has 0 aliphatic heterocycles. The number of urea groups is 1. The second-order valence-electron chi connectivity index (χ2n) is 5.82. The minimum Gasteiger partial charge on any atom is -0.455 e. The van der Waals surface area contributed by atoms with Crippen LogP contribution in [0.4, 0.5) is 4.79 Å². The molecule has 0 spiro atoms. The fraction of sp³-hybridized carbons (Fsp3) is 0.471. The first-order valence-electron chi connectivity index (χ1n) is 8.03. The largest absolute Gasteiger partial charge is 0.455 e. The van der Waals surface area contributed by atoms with E-state index in [-0.39, 0.29) is 12.5 Å².